The number of esters is 2. The molecule has 0 radical (unpaired) electrons. The number of rotatable bonds is 4. The molecule has 0 atom stereocenters. The minimum atomic E-state index is -0.653. The Bertz CT molecular complexity index is 1050. The molecule has 28 heavy (non-hydrogen) atoms. The van der Waals surface area contributed by atoms with E-state index in [9.17, 15) is 9.59 Å². The Balaban J connectivity index is 1.99. The third kappa shape index (κ3) is 4.30. The first-order chi connectivity index (χ1) is 13.3. The Morgan fingerprint density at radius 1 is 1.14 bits per heavy atom. The molecule has 0 spiro atoms. The van der Waals surface area contributed by atoms with E-state index in [0.717, 1.165) is 0 Å². The van der Waals surface area contributed by atoms with Gasteiger partial charge < -0.3 is 14.2 Å². The van der Waals surface area contributed by atoms with Crippen LogP contribution in [-0.4, -0.2) is 24.9 Å². The Morgan fingerprint density at radius 2 is 1.89 bits per heavy atom. The maximum Gasteiger partial charge on any atom is 0.363 e. The third-order valence-corrected chi connectivity index (χ3v) is 4.41. The SMILES string of the molecule is COc1cc(C=C2N=C(c3ccc(Cl)cc3Cl)OC2=O)cc(Cl)c1OC(C)=O. The van der Waals surface area contributed by atoms with Gasteiger partial charge in [0.2, 0.25) is 5.90 Å². The van der Waals surface area contributed by atoms with Crippen molar-refractivity contribution in [2.45, 2.75) is 6.92 Å². The van der Waals surface area contributed by atoms with Crippen molar-refractivity contribution in [3.8, 4) is 11.5 Å². The third-order valence-electron chi connectivity index (χ3n) is 3.58. The minimum absolute atomic E-state index is 0.0411. The molecule has 2 aromatic carbocycles. The Hall–Kier alpha value is -2.54. The van der Waals surface area contributed by atoms with Crippen LogP contribution < -0.4 is 9.47 Å². The van der Waals surface area contributed by atoms with Gasteiger partial charge in [0, 0.05) is 11.9 Å². The average molecular weight is 441 g/mol. The van der Waals surface area contributed by atoms with Crippen molar-refractivity contribution in [3.63, 3.8) is 0 Å². The van der Waals surface area contributed by atoms with Gasteiger partial charge in [-0.15, -0.1) is 0 Å². The number of cyclic esters (lactones) is 1. The molecular weight excluding hydrogens is 429 g/mol. The van der Waals surface area contributed by atoms with Gasteiger partial charge in [0.15, 0.2) is 17.2 Å². The van der Waals surface area contributed by atoms with Crippen LogP contribution in [0.5, 0.6) is 11.5 Å². The molecular formula is C19H12Cl3NO5. The summed E-state index contributed by atoms with van der Waals surface area (Å²) < 4.78 is 15.5. The van der Waals surface area contributed by atoms with Crippen molar-refractivity contribution in [1.82, 2.24) is 0 Å². The van der Waals surface area contributed by atoms with Crippen LogP contribution in [0.25, 0.3) is 6.08 Å². The Morgan fingerprint density at radius 3 is 2.54 bits per heavy atom. The van der Waals surface area contributed by atoms with Crippen molar-refractivity contribution < 1.29 is 23.8 Å². The number of methoxy groups -OCH3 is 1. The number of aliphatic imine (C=N–C) groups is 1. The number of nitrogens with zero attached hydrogens (tertiary/aromatic N) is 1. The summed E-state index contributed by atoms with van der Waals surface area (Å²) in [6.07, 6.45) is 1.46. The van der Waals surface area contributed by atoms with Crippen LogP contribution in [0, 0.1) is 0 Å². The van der Waals surface area contributed by atoms with E-state index >= 15 is 0 Å². The highest BCUT2D eigenvalue weighted by Crippen LogP contribution is 2.37. The lowest BCUT2D eigenvalue weighted by molar-refractivity contribution is -0.132. The molecule has 1 aliphatic heterocycles. The number of halogens is 3. The molecule has 0 bridgehead atoms. The highest BCUT2D eigenvalue weighted by atomic mass is 35.5. The lowest BCUT2D eigenvalue weighted by Crippen LogP contribution is -2.06. The molecule has 0 fully saturated rings. The second-order valence-electron chi connectivity index (χ2n) is 5.59. The molecule has 0 N–H and O–H groups in total. The van der Waals surface area contributed by atoms with Crippen LogP contribution in [0.2, 0.25) is 15.1 Å². The molecule has 0 saturated carbocycles. The fourth-order valence-corrected chi connectivity index (χ4v) is 3.16. The van der Waals surface area contributed by atoms with E-state index in [-0.39, 0.29) is 28.1 Å². The maximum atomic E-state index is 12.2. The second kappa shape index (κ2) is 8.22. The molecule has 144 valence electrons. The first-order valence-corrected chi connectivity index (χ1v) is 8.96. The zero-order valence-electron chi connectivity index (χ0n) is 14.6. The summed E-state index contributed by atoms with van der Waals surface area (Å²) >= 11 is 18.2. The van der Waals surface area contributed by atoms with Gasteiger partial charge in [-0.2, -0.15) is 0 Å². The molecule has 0 amide bonds. The molecule has 3 rings (SSSR count). The van der Waals surface area contributed by atoms with E-state index in [0.29, 0.717) is 21.2 Å². The van der Waals surface area contributed by atoms with Crippen LogP contribution in [0.15, 0.2) is 41.0 Å². The van der Waals surface area contributed by atoms with Gasteiger partial charge in [-0.1, -0.05) is 34.8 Å². The van der Waals surface area contributed by atoms with Crippen LogP contribution in [0.1, 0.15) is 18.1 Å². The monoisotopic (exact) mass is 439 g/mol. The van der Waals surface area contributed by atoms with Gasteiger partial charge in [0.1, 0.15) is 0 Å². The van der Waals surface area contributed by atoms with Gasteiger partial charge in [0.25, 0.3) is 0 Å². The van der Waals surface area contributed by atoms with E-state index in [1.807, 2.05) is 0 Å². The molecule has 0 aliphatic carbocycles. The predicted octanol–water partition coefficient (Wildman–Crippen LogP) is 4.93. The molecule has 0 aromatic heterocycles. The fraction of sp³-hybridized carbons (Fsp3) is 0.105. The number of carbonyl (C=O) groups excluding carboxylic acids is 2. The lowest BCUT2D eigenvalue weighted by atomic mass is 10.1. The predicted molar refractivity (Wildman–Crippen MR) is 106 cm³/mol. The normalized spacial score (nSPS) is 14.7. The largest absolute Gasteiger partial charge is 0.493 e. The lowest BCUT2D eigenvalue weighted by Gasteiger charge is -2.10. The van der Waals surface area contributed by atoms with Crippen LogP contribution >= 0.6 is 34.8 Å². The van der Waals surface area contributed by atoms with Gasteiger partial charge in [0.05, 0.1) is 22.7 Å². The summed E-state index contributed by atoms with van der Waals surface area (Å²) in [4.78, 5) is 27.6. The summed E-state index contributed by atoms with van der Waals surface area (Å²) in [5.41, 5.74) is 0.972. The number of hydrogen-bond donors (Lipinski definition) is 0. The van der Waals surface area contributed by atoms with Crippen molar-refractivity contribution in [2.24, 2.45) is 4.99 Å². The molecule has 1 aliphatic rings. The summed E-state index contributed by atoms with van der Waals surface area (Å²) in [6, 6.07) is 7.79. The second-order valence-corrected chi connectivity index (χ2v) is 6.84. The van der Waals surface area contributed by atoms with Crippen molar-refractivity contribution >= 4 is 58.7 Å². The zero-order valence-corrected chi connectivity index (χ0v) is 16.9. The van der Waals surface area contributed by atoms with Crippen LogP contribution in [0.4, 0.5) is 0 Å². The first kappa shape index (κ1) is 20.2. The highest BCUT2D eigenvalue weighted by molar-refractivity contribution is 6.37. The number of benzene rings is 2. The van der Waals surface area contributed by atoms with E-state index in [4.69, 9.17) is 49.0 Å². The smallest absolute Gasteiger partial charge is 0.363 e. The molecule has 0 unspecified atom stereocenters. The van der Waals surface area contributed by atoms with Crippen LogP contribution in [-0.2, 0) is 14.3 Å². The van der Waals surface area contributed by atoms with E-state index in [1.54, 1.807) is 18.2 Å². The average Bonchev–Trinajstić information content (AvgIpc) is 2.97. The first-order valence-electron chi connectivity index (χ1n) is 7.82. The van der Waals surface area contributed by atoms with Crippen molar-refractivity contribution in [2.75, 3.05) is 7.11 Å². The number of carbonyl (C=O) groups is 2. The standard InChI is InChI=1S/C19H12Cl3NO5/c1-9(24)27-17-14(22)5-10(7-16(17)26-2)6-15-19(25)28-18(23-15)12-4-3-11(20)8-13(12)21/h3-8H,1-2H3. The van der Waals surface area contributed by atoms with Gasteiger partial charge in [-0.25, -0.2) is 9.79 Å². The van der Waals surface area contributed by atoms with E-state index < -0.39 is 11.9 Å². The fourth-order valence-electron chi connectivity index (χ4n) is 2.41. The maximum absolute atomic E-state index is 12.2. The Kier molecular flexibility index (Phi) is 5.93. The van der Waals surface area contributed by atoms with Gasteiger partial charge in [-0.05, 0) is 42.0 Å². The van der Waals surface area contributed by atoms with Crippen molar-refractivity contribution in [3.05, 3.63) is 62.2 Å². The minimum Gasteiger partial charge on any atom is -0.493 e. The van der Waals surface area contributed by atoms with E-state index in [1.165, 1.54) is 32.2 Å². The summed E-state index contributed by atoms with van der Waals surface area (Å²) in [5.74, 6) is -0.816. The number of hydrogen-bond acceptors (Lipinski definition) is 6. The summed E-state index contributed by atoms with van der Waals surface area (Å²) in [6.45, 7) is 1.25. The summed E-state index contributed by atoms with van der Waals surface area (Å²) in [7, 11) is 1.40. The molecule has 2 aromatic rings. The van der Waals surface area contributed by atoms with Gasteiger partial charge >= 0.3 is 11.9 Å². The molecule has 0 saturated heterocycles. The van der Waals surface area contributed by atoms with Crippen molar-refractivity contribution in [1.29, 1.82) is 0 Å². The van der Waals surface area contributed by atoms with E-state index in [2.05, 4.69) is 4.99 Å². The molecule has 9 heteroatoms. The zero-order chi connectivity index (χ0) is 20.4. The number of ether oxygens (including phenoxy) is 3. The molecule has 6 nitrogen and oxygen atoms in total. The van der Waals surface area contributed by atoms with Crippen LogP contribution in [0.3, 0.4) is 0 Å². The highest BCUT2D eigenvalue weighted by Gasteiger charge is 2.26. The molecule has 1 heterocycles. The summed E-state index contributed by atoms with van der Waals surface area (Å²) in [5, 5.41) is 0.887. The quantitative estimate of drug-likeness (QED) is 0.383. The topological polar surface area (TPSA) is 74.2 Å². The Labute approximate surface area is 175 Å². The van der Waals surface area contributed by atoms with Gasteiger partial charge in [-0.3, -0.25) is 4.79 Å².